The average molecular weight is 245 g/mol. The van der Waals surface area contributed by atoms with Crippen molar-refractivity contribution < 1.29 is 5.11 Å². The molecular formula is C14H19N3O. The van der Waals surface area contributed by atoms with E-state index >= 15 is 0 Å². The molecule has 0 aliphatic carbocycles. The van der Waals surface area contributed by atoms with Crippen LogP contribution in [0, 0.1) is 6.92 Å². The topological polar surface area (TPSA) is 71.2 Å². The molecule has 4 N–H and O–H groups in total. The number of hydrogen-bond acceptors (Lipinski definition) is 4. The monoisotopic (exact) mass is 245 g/mol. The van der Waals surface area contributed by atoms with Gasteiger partial charge in [-0.15, -0.1) is 0 Å². The molecule has 18 heavy (non-hydrogen) atoms. The Morgan fingerprint density at radius 1 is 1.33 bits per heavy atom. The van der Waals surface area contributed by atoms with Crippen molar-refractivity contribution in [1.29, 1.82) is 0 Å². The normalized spacial score (nSPS) is 11.8. The lowest BCUT2D eigenvalue weighted by Gasteiger charge is -2.20. The van der Waals surface area contributed by atoms with Gasteiger partial charge in [0.15, 0.2) is 0 Å². The van der Waals surface area contributed by atoms with Gasteiger partial charge in [0.05, 0.1) is 5.60 Å². The SMILES string of the molecule is Cc1cc2c(NCC(C)(C)O)ccc(N)c2cn1. The summed E-state index contributed by atoms with van der Waals surface area (Å²) in [4.78, 5) is 4.26. The fraction of sp³-hybridized carbons (Fsp3) is 0.357. The number of aryl methyl sites for hydroxylation is 1. The fourth-order valence-corrected chi connectivity index (χ4v) is 1.83. The highest BCUT2D eigenvalue weighted by atomic mass is 16.3. The van der Waals surface area contributed by atoms with Gasteiger partial charge in [-0.3, -0.25) is 4.98 Å². The van der Waals surface area contributed by atoms with Crippen molar-refractivity contribution >= 4 is 22.1 Å². The zero-order chi connectivity index (χ0) is 13.3. The zero-order valence-corrected chi connectivity index (χ0v) is 11.0. The number of nitrogens with two attached hydrogens (primary N) is 1. The molecule has 0 fully saturated rings. The summed E-state index contributed by atoms with van der Waals surface area (Å²) in [5, 5.41) is 15.0. The molecule has 0 unspecified atom stereocenters. The molecule has 2 aromatic rings. The molecule has 0 saturated carbocycles. The number of benzene rings is 1. The molecule has 0 amide bonds. The van der Waals surface area contributed by atoms with Crippen LogP contribution in [0.4, 0.5) is 11.4 Å². The molecule has 1 aromatic heterocycles. The molecular weight excluding hydrogens is 226 g/mol. The van der Waals surface area contributed by atoms with Gasteiger partial charge in [0.1, 0.15) is 0 Å². The number of nitrogens with one attached hydrogen (secondary N) is 1. The first-order chi connectivity index (χ1) is 8.37. The van der Waals surface area contributed by atoms with Gasteiger partial charge in [-0.1, -0.05) is 0 Å². The first-order valence-corrected chi connectivity index (χ1v) is 5.98. The van der Waals surface area contributed by atoms with Gasteiger partial charge >= 0.3 is 0 Å². The van der Waals surface area contributed by atoms with Crippen LogP contribution in [0.25, 0.3) is 10.8 Å². The van der Waals surface area contributed by atoms with E-state index in [1.54, 1.807) is 20.0 Å². The van der Waals surface area contributed by atoms with Crippen molar-refractivity contribution in [3.8, 4) is 0 Å². The number of fused-ring (bicyclic) bond motifs is 1. The second-order valence-electron chi connectivity index (χ2n) is 5.24. The zero-order valence-electron chi connectivity index (χ0n) is 11.0. The predicted molar refractivity (Wildman–Crippen MR) is 75.7 cm³/mol. The lowest BCUT2D eigenvalue weighted by atomic mass is 10.1. The first kappa shape index (κ1) is 12.6. The van der Waals surface area contributed by atoms with E-state index in [9.17, 15) is 5.11 Å². The number of nitrogen functional groups attached to an aromatic ring is 1. The molecule has 0 radical (unpaired) electrons. The van der Waals surface area contributed by atoms with Crippen LogP contribution in [0.5, 0.6) is 0 Å². The number of pyridine rings is 1. The van der Waals surface area contributed by atoms with Gasteiger partial charge in [0.2, 0.25) is 0 Å². The van der Waals surface area contributed by atoms with Crippen molar-refractivity contribution in [2.45, 2.75) is 26.4 Å². The molecule has 2 rings (SSSR count). The molecule has 1 aromatic carbocycles. The molecule has 0 spiro atoms. The van der Waals surface area contributed by atoms with Crippen LogP contribution in [0.3, 0.4) is 0 Å². The maximum atomic E-state index is 9.76. The van der Waals surface area contributed by atoms with Crippen molar-refractivity contribution in [1.82, 2.24) is 4.98 Å². The van der Waals surface area contributed by atoms with Crippen LogP contribution in [-0.4, -0.2) is 22.2 Å². The summed E-state index contributed by atoms with van der Waals surface area (Å²) in [7, 11) is 0. The first-order valence-electron chi connectivity index (χ1n) is 5.98. The Morgan fingerprint density at radius 3 is 2.72 bits per heavy atom. The second-order valence-corrected chi connectivity index (χ2v) is 5.24. The minimum Gasteiger partial charge on any atom is -0.398 e. The third kappa shape index (κ3) is 2.71. The van der Waals surface area contributed by atoms with Crippen molar-refractivity contribution in [3.05, 3.63) is 30.1 Å². The lowest BCUT2D eigenvalue weighted by molar-refractivity contribution is 0.0945. The third-order valence-corrected chi connectivity index (χ3v) is 2.78. The molecule has 4 nitrogen and oxygen atoms in total. The summed E-state index contributed by atoms with van der Waals surface area (Å²) >= 11 is 0. The highest BCUT2D eigenvalue weighted by molar-refractivity contribution is 6.00. The number of aliphatic hydroxyl groups is 1. The Morgan fingerprint density at radius 2 is 2.06 bits per heavy atom. The smallest absolute Gasteiger partial charge is 0.0763 e. The summed E-state index contributed by atoms with van der Waals surface area (Å²) in [6, 6.07) is 5.79. The number of aromatic nitrogens is 1. The van der Waals surface area contributed by atoms with E-state index in [2.05, 4.69) is 10.3 Å². The summed E-state index contributed by atoms with van der Waals surface area (Å²) in [5.74, 6) is 0. The van der Waals surface area contributed by atoms with E-state index in [0.29, 0.717) is 12.2 Å². The number of nitrogens with zero attached hydrogens (tertiary/aromatic N) is 1. The Labute approximate surface area is 107 Å². The van der Waals surface area contributed by atoms with Crippen molar-refractivity contribution in [2.75, 3.05) is 17.6 Å². The van der Waals surface area contributed by atoms with Crippen LogP contribution in [-0.2, 0) is 0 Å². The average Bonchev–Trinajstić information content (AvgIpc) is 2.27. The molecule has 0 aliphatic heterocycles. The molecule has 0 bridgehead atoms. The highest BCUT2D eigenvalue weighted by Crippen LogP contribution is 2.28. The Bertz CT molecular complexity index is 573. The van der Waals surface area contributed by atoms with E-state index in [1.165, 1.54) is 0 Å². The second kappa shape index (κ2) is 4.46. The van der Waals surface area contributed by atoms with Gasteiger partial charge in [0.25, 0.3) is 0 Å². The molecule has 0 atom stereocenters. The van der Waals surface area contributed by atoms with E-state index in [1.807, 2.05) is 25.1 Å². The van der Waals surface area contributed by atoms with Crippen molar-refractivity contribution in [2.24, 2.45) is 0 Å². The number of anilines is 2. The summed E-state index contributed by atoms with van der Waals surface area (Å²) in [6.45, 7) is 5.97. The molecule has 4 heteroatoms. The van der Waals surface area contributed by atoms with Crippen molar-refractivity contribution in [3.63, 3.8) is 0 Å². The minimum absolute atomic E-state index is 0.480. The van der Waals surface area contributed by atoms with Gasteiger partial charge in [-0.25, -0.2) is 0 Å². The summed E-state index contributed by atoms with van der Waals surface area (Å²) in [5.41, 5.74) is 7.81. The largest absolute Gasteiger partial charge is 0.398 e. The van der Waals surface area contributed by atoms with Gasteiger partial charge in [-0.2, -0.15) is 0 Å². The fourth-order valence-electron chi connectivity index (χ4n) is 1.83. The number of hydrogen-bond donors (Lipinski definition) is 3. The van der Waals surface area contributed by atoms with Gasteiger partial charge in [-0.05, 0) is 39.0 Å². The van der Waals surface area contributed by atoms with Crippen LogP contribution < -0.4 is 11.1 Å². The Balaban J connectivity index is 2.44. The molecule has 1 heterocycles. The van der Waals surface area contributed by atoms with Gasteiger partial charge in [0, 0.05) is 40.6 Å². The van der Waals surface area contributed by atoms with E-state index in [4.69, 9.17) is 5.73 Å². The van der Waals surface area contributed by atoms with Crippen LogP contribution in [0.1, 0.15) is 19.5 Å². The van der Waals surface area contributed by atoms with Crippen LogP contribution in [0.15, 0.2) is 24.4 Å². The quantitative estimate of drug-likeness (QED) is 0.726. The van der Waals surface area contributed by atoms with E-state index in [0.717, 1.165) is 22.2 Å². The Hall–Kier alpha value is -1.81. The van der Waals surface area contributed by atoms with Gasteiger partial charge < -0.3 is 16.2 Å². The molecule has 0 aliphatic rings. The van der Waals surface area contributed by atoms with E-state index < -0.39 is 5.60 Å². The minimum atomic E-state index is -0.754. The van der Waals surface area contributed by atoms with Crippen LogP contribution >= 0.6 is 0 Å². The molecule has 96 valence electrons. The maximum Gasteiger partial charge on any atom is 0.0763 e. The predicted octanol–water partition coefficient (Wildman–Crippen LogP) is 2.31. The summed E-state index contributed by atoms with van der Waals surface area (Å²) in [6.07, 6.45) is 1.79. The van der Waals surface area contributed by atoms with E-state index in [-0.39, 0.29) is 0 Å². The summed E-state index contributed by atoms with van der Waals surface area (Å²) < 4.78 is 0. The maximum absolute atomic E-state index is 9.76. The molecule has 0 saturated heterocycles. The lowest BCUT2D eigenvalue weighted by Crippen LogP contribution is -2.29. The highest BCUT2D eigenvalue weighted by Gasteiger charge is 2.13. The van der Waals surface area contributed by atoms with Crippen LogP contribution in [0.2, 0.25) is 0 Å². The third-order valence-electron chi connectivity index (χ3n) is 2.78. The Kier molecular flexibility index (Phi) is 3.13. The standard InChI is InChI=1S/C14H19N3O/c1-9-6-10-11(7-16-9)12(15)4-5-13(10)17-8-14(2,3)18/h4-7,17-18H,8,15H2,1-3H3. The number of rotatable bonds is 3.